The third-order valence-corrected chi connectivity index (χ3v) is 5.20. The molecule has 0 unspecified atom stereocenters. The molecule has 0 aliphatic rings. The van der Waals surface area contributed by atoms with Crippen molar-refractivity contribution in [3.63, 3.8) is 0 Å². The molecule has 0 N–H and O–H groups in total. The Labute approximate surface area is 176 Å². The molecule has 2 nitrogen and oxygen atoms in total. The van der Waals surface area contributed by atoms with Crippen LogP contribution >= 0.6 is 0 Å². The Kier molecular flexibility index (Phi) is 4.89. The molecule has 5 rings (SSSR count). The molecule has 2 heterocycles. The van der Waals surface area contributed by atoms with Gasteiger partial charge in [0.05, 0.1) is 11.4 Å². The molecule has 5 aromatic rings. The fourth-order valence-corrected chi connectivity index (χ4v) is 3.57. The zero-order chi connectivity index (χ0) is 20.2. The van der Waals surface area contributed by atoms with Gasteiger partial charge in [-0.2, -0.15) is 0 Å². The van der Waals surface area contributed by atoms with Crippen molar-refractivity contribution in [2.75, 3.05) is 0 Å². The predicted octanol–water partition coefficient (Wildman–Crippen LogP) is 7.14. The van der Waals surface area contributed by atoms with Crippen LogP contribution in [0.5, 0.6) is 0 Å². The zero-order valence-electron chi connectivity index (χ0n) is 16.4. The highest BCUT2D eigenvalue weighted by Crippen LogP contribution is 2.27. The SMILES string of the molecule is c1ccc(-c2ccc(-c3cccc(-c4ccc(-c5ccccc5)cn4)c3)nc2)cc1. The molecule has 0 saturated carbocycles. The van der Waals surface area contributed by atoms with Crippen LogP contribution in [0.1, 0.15) is 0 Å². The summed E-state index contributed by atoms with van der Waals surface area (Å²) in [6.07, 6.45) is 3.87. The number of nitrogens with zero attached hydrogens (tertiary/aromatic N) is 2. The molecule has 0 spiro atoms. The molecule has 142 valence electrons. The Morgan fingerprint density at radius 1 is 0.333 bits per heavy atom. The average molecular weight is 384 g/mol. The van der Waals surface area contributed by atoms with E-state index in [4.69, 9.17) is 9.97 Å². The number of rotatable bonds is 4. The summed E-state index contributed by atoms with van der Waals surface area (Å²) in [5.74, 6) is 0. The van der Waals surface area contributed by atoms with Crippen molar-refractivity contribution in [1.29, 1.82) is 0 Å². The van der Waals surface area contributed by atoms with Gasteiger partial charge >= 0.3 is 0 Å². The molecule has 0 atom stereocenters. The number of benzene rings is 3. The molecular formula is C28H20N2. The van der Waals surface area contributed by atoms with E-state index in [1.807, 2.05) is 48.8 Å². The van der Waals surface area contributed by atoms with Crippen molar-refractivity contribution >= 4 is 0 Å². The minimum Gasteiger partial charge on any atom is -0.256 e. The molecule has 0 amide bonds. The monoisotopic (exact) mass is 384 g/mol. The summed E-state index contributed by atoms with van der Waals surface area (Å²) in [6.45, 7) is 0. The van der Waals surface area contributed by atoms with Crippen LogP contribution in [-0.2, 0) is 0 Å². The van der Waals surface area contributed by atoms with Crippen LogP contribution in [0.25, 0.3) is 44.8 Å². The first kappa shape index (κ1) is 18.0. The summed E-state index contributed by atoms with van der Waals surface area (Å²) in [7, 11) is 0. The largest absolute Gasteiger partial charge is 0.256 e. The summed E-state index contributed by atoms with van der Waals surface area (Å²) in [4.78, 5) is 9.39. The van der Waals surface area contributed by atoms with Crippen LogP contribution < -0.4 is 0 Å². The predicted molar refractivity (Wildman–Crippen MR) is 124 cm³/mol. The minimum atomic E-state index is 0.956. The quantitative estimate of drug-likeness (QED) is 0.329. The first-order valence-electron chi connectivity index (χ1n) is 10.0. The molecule has 0 bridgehead atoms. The molecule has 30 heavy (non-hydrogen) atoms. The van der Waals surface area contributed by atoms with Gasteiger partial charge in [0, 0.05) is 34.6 Å². The lowest BCUT2D eigenvalue weighted by Gasteiger charge is -2.07. The van der Waals surface area contributed by atoms with Gasteiger partial charge in [0.15, 0.2) is 0 Å². The van der Waals surface area contributed by atoms with Gasteiger partial charge in [-0.15, -0.1) is 0 Å². The van der Waals surface area contributed by atoms with Gasteiger partial charge in [-0.05, 0) is 29.3 Å². The van der Waals surface area contributed by atoms with Crippen molar-refractivity contribution in [3.05, 3.63) is 122 Å². The maximum Gasteiger partial charge on any atom is 0.0702 e. The zero-order valence-corrected chi connectivity index (χ0v) is 16.4. The Hall–Kier alpha value is -4.04. The maximum absolute atomic E-state index is 4.69. The minimum absolute atomic E-state index is 0.956. The van der Waals surface area contributed by atoms with Crippen molar-refractivity contribution in [2.24, 2.45) is 0 Å². The molecule has 0 aliphatic carbocycles. The van der Waals surface area contributed by atoms with Crippen LogP contribution in [0, 0.1) is 0 Å². The van der Waals surface area contributed by atoms with Gasteiger partial charge in [-0.25, -0.2) is 0 Å². The van der Waals surface area contributed by atoms with E-state index < -0.39 is 0 Å². The lowest BCUT2D eigenvalue weighted by molar-refractivity contribution is 1.31. The van der Waals surface area contributed by atoms with Crippen LogP contribution in [0.3, 0.4) is 0 Å². The standard InChI is InChI=1S/C28H20N2/c1-3-8-21(9-4-1)25-14-16-27(29-19-25)23-12-7-13-24(18-23)28-17-15-26(20-30-28)22-10-5-2-6-11-22/h1-20H. The second kappa shape index (κ2) is 8.14. The van der Waals surface area contributed by atoms with E-state index >= 15 is 0 Å². The van der Waals surface area contributed by atoms with Gasteiger partial charge in [0.25, 0.3) is 0 Å². The number of hydrogen-bond donors (Lipinski definition) is 0. The van der Waals surface area contributed by atoms with E-state index in [-0.39, 0.29) is 0 Å². The highest BCUT2D eigenvalue weighted by Gasteiger charge is 2.06. The Morgan fingerprint density at radius 3 is 1.17 bits per heavy atom. The van der Waals surface area contributed by atoms with E-state index in [0.29, 0.717) is 0 Å². The highest BCUT2D eigenvalue weighted by atomic mass is 14.7. The van der Waals surface area contributed by atoms with E-state index in [0.717, 1.165) is 33.6 Å². The second-order valence-corrected chi connectivity index (χ2v) is 7.18. The molecular weight excluding hydrogens is 364 g/mol. The molecule has 0 radical (unpaired) electrons. The first-order chi connectivity index (χ1) is 14.9. The van der Waals surface area contributed by atoms with Gasteiger partial charge < -0.3 is 0 Å². The van der Waals surface area contributed by atoms with Crippen LogP contribution in [0.2, 0.25) is 0 Å². The van der Waals surface area contributed by atoms with Gasteiger partial charge in [0.2, 0.25) is 0 Å². The van der Waals surface area contributed by atoms with Crippen LogP contribution in [0.4, 0.5) is 0 Å². The van der Waals surface area contributed by atoms with Crippen molar-refractivity contribution < 1.29 is 0 Å². The van der Waals surface area contributed by atoms with Crippen molar-refractivity contribution in [1.82, 2.24) is 9.97 Å². The number of pyridine rings is 2. The highest BCUT2D eigenvalue weighted by molar-refractivity contribution is 5.72. The van der Waals surface area contributed by atoms with E-state index in [1.165, 1.54) is 11.1 Å². The lowest BCUT2D eigenvalue weighted by Crippen LogP contribution is -1.88. The molecule has 0 fully saturated rings. The summed E-state index contributed by atoms with van der Waals surface area (Å²) in [5.41, 5.74) is 8.67. The fraction of sp³-hybridized carbons (Fsp3) is 0. The smallest absolute Gasteiger partial charge is 0.0702 e. The lowest BCUT2D eigenvalue weighted by atomic mass is 10.0. The van der Waals surface area contributed by atoms with Crippen LogP contribution in [-0.4, -0.2) is 9.97 Å². The Morgan fingerprint density at radius 2 is 0.767 bits per heavy atom. The summed E-state index contributed by atoms with van der Waals surface area (Å²) >= 11 is 0. The second-order valence-electron chi connectivity index (χ2n) is 7.18. The fourth-order valence-electron chi connectivity index (χ4n) is 3.57. The van der Waals surface area contributed by atoms with Crippen LogP contribution in [0.15, 0.2) is 122 Å². The molecule has 0 saturated heterocycles. The third-order valence-electron chi connectivity index (χ3n) is 5.20. The van der Waals surface area contributed by atoms with Crippen molar-refractivity contribution in [2.45, 2.75) is 0 Å². The molecule has 3 aromatic carbocycles. The normalized spacial score (nSPS) is 10.7. The van der Waals surface area contributed by atoms with E-state index in [1.54, 1.807) is 0 Å². The van der Waals surface area contributed by atoms with E-state index in [9.17, 15) is 0 Å². The average Bonchev–Trinajstić information content (AvgIpc) is 2.85. The molecule has 2 aromatic heterocycles. The number of aromatic nitrogens is 2. The number of hydrogen-bond acceptors (Lipinski definition) is 2. The van der Waals surface area contributed by atoms with Crippen molar-refractivity contribution in [3.8, 4) is 44.8 Å². The maximum atomic E-state index is 4.69. The molecule has 2 heteroatoms. The first-order valence-corrected chi connectivity index (χ1v) is 10.0. The Bertz CT molecular complexity index is 1150. The molecule has 0 aliphatic heterocycles. The topological polar surface area (TPSA) is 25.8 Å². The summed E-state index contributed by atoms with van der Waals surface area (Å²) < 4.78 is 0. The Balaban J connectivity index is 1.42. The van der Waals surface area contributed by atoms with Gasteiger partial charge in [-0.3, -0.25) is 9.97 Å². The van der Waals surface area contributed by atoms with E-state index in [2.05, 4.69) is 72.8 Å². The summed E-state index contributed by atoms with van der Waals surface area (Å²) in [6, 6.07) is 37.4. The van der Waals surface area contributed by atoms with Gasteiger partial charge in [-0.1, -0.05) is 91.0 Å². The summed E-state index contributed by atoms with van der Waals surface area (Å²) in [5, 5.41) is 0. The van der Waals surface area contributed by atoms with Gasteiger partial charge in [0.1, 0.15) is 0 Å². The third kappa shape index (κ3) is 3.76.